The minimum absolute atomic E-state index is 0.0312. The van der Waals surface area contributed by atoms with Gasteiger partial charge in [-0.3, -0.25) is 4.79 Å². The van der Waals surface area contributed by atoms with Crippen LogP contribution in [-0.4, -0.2) is 11.1 Å². The fourth-order valence-electron chi connectivity index (χ4n) is 1.19. The van der Waals surface area contributed by atoms with Gasteiger partial charge >= 0.3 is 12.1 Å². The Balaban J connectivity index is 2.96. The van der Waals surface area contributed by atoms with Crippen molar-refractivity contribution in [2.24, 2.45) is 0 Å². The highest BCUT2D eigenvalue weighted by Crippen LogP contribution is 2.32. The predicted octanol–water partition coefficient (Wildman–Crippen LogP) is 3.19. The number of carboxylic acids is 1. The molecular weight excluding hydrogens is 221 g/mol. The first kappa shape index (κ1) is 12.3. The molecule has 0 fully saturated rings. The van der Waals surface area contributed by atoms with Crippen molar-refractivity contribution in [3.8, 4) is 0 Å². The molecule has 0 bridgehead atoms. The summed E-state index contributed by atoms with van der Waals surface area (Å²) in [6, 6.07) is 5.01. The molecule has 1 aromatic rings. The summed E-state index contributed by atoms with van der Waals surface area (Å²) < 4.78 is 37.5. The van der Waals surface area contributed by atoms with E-state index in [2.05, 4.69) is 0 Å². The molecule has 0 aromatic heterocycles. The molecule has 0 saturated heterocycles. The largest absolute Gasteiger partial charge is 0.481 e. The maximum Gasteiger partial charge on any atom is 0.416 e. The maximum absolute atomic E-state index is 12.5. The zero-order chi connectivity index (χ0) is 12.2. The Morgan fingerprint density at radius 1 is 1.31 bits per heavy atom. The highest BCUT2D eigenvalue weighted by atomic mass is 19.4. The van der Waals surface area contributed by atoms with Gasteiger partial charge in [-0.1, -0.05) is 30.4 Å². The molecule has 0 aliphatic rings. The number of halogens is 3. The van der Waals surface area contributed by atoms with Crippen LogP contribution in [0.5, 0.6) is 0 Å². The van der Waals surface area contributed by atoms with Gasteiger partial charge < -0.3 is 5.11 Å². The third-order valence-corrected chi connectivity index (χ3v) is 1.86. The van der Waals surface area contributed by atoms with E-state index < -0.39 is 17.7 Å². The lowest BCUT2D eigenvalue weighted by molar-refractivity contribution is -0.138. The van der Waals surface area contributed by atoms with Crippen molar-refractivity contribution in [2.45, 2.75) is 12.6 Å². The Bertz CT molecular complexity index is 408. The molecule has 0 aliphatic heterocycles. The molecule has 86 valence electrons. The number of carbonyl (C=O) groups is 1. The van der Waals surface area contributed by atoms with Gasteiger partial charge in [0.2, 0.25) is 0 Å². The van der Waals surface area contributed by atoms with Gasteiger partial charge in [-0.25, -0.2) is 0 Å². The van der Waals surface area contributed by atoms with Crippen LogP contribution in [-0.2, 0) is 11.0 Å². The lowest BCUT2D eigenvalue weighted by Crippen LogP contribution is -2.06. The molecule has 0 atom stereocenters. The summed E-state index contributed by atoms with van der Waals surface area (Å²) in [4.78, 5) is 10.2. The van der Waals surface area contributed by atoms with Crippen LogP contribution in [0.15, 0.2) is 30.3 Å². The Labute approximate surface area is 90.0 Å². The van der Waals surface area contributed by atoms with Crippen molar-refractivity contribution in [1.82, 2.24) is 0 Å². The standard InChI is InChI=1S/C11H9F3O2/c12-11(13,14)9-6-2-1-4-8(9)5-3-7-10(15)16/h1-6H,7H2,(H,15,16). The first-order chi connectivity index (χ1) is 7.41. The fourth-order valence-corrected chi connectivity index (χ4v) is 1.19. The van der Waals surface area contributed by atoms with E-state index in [0.29, 0.717) is 0 Å². The monoisotopic (exact) mass is 230 g/mol. The van der Waals surface area contributed by atoms with E-state index in [0.717, 1.165) is 12.1 Å². The molecule has 1 rings (SSSR count). The Morgan fingerprint density at radius 2 is 1.94 bits per heavy atom. The van der Waals surface area contributed by atoms with E-state index in [9.17, 15) is 18.0 Å². The van der Waals surface area contributed by atoms with E-state index in [1.54, 1.807) is 0 Å². The average molecular weight is 230 g/mol. The second-order valence-electron chi connectivity index (χ2n) is 3.09. The molecule has 5 heteroatoms. The highest BCUT2D eigenvalue weighted by molar-refractivity contribution is 5.70. The number of benzene rings is 1. The molecule has 16 heavy (non-hydrogen) atoms. The van der Waals surface area contributed by atoms with Crippen molar-refractivity contribution in [3.05, 3.63) is 41.5 Å². The quantitative estimate of drug-likeness (QED) is 0.865. The summed E-state index contributed by atoms with van der Waals surface area (Å²) in [5, 5.41) is 8.35. The maximum atomic E-state index is 12.5. The molecule has 1 aromatic carbocycles. The van der Waals surface area contributed by atoms with Gasteiger partial charge in [0, 0.05) is 0 Å². The minimum atomic E-state index is -4.43. The highest BCUT2D eigenvalue weighted by Gasteiger charge is 2.32. The SMILES string of the molecule is O=C(O)CC=Cc1ccccc1C(F)(F)F. The molecular formula is C11H9F3O2. The number of hydrogen-bond donors (Lipinski definition) is 1. The first-order valence-electron chi connectivity index (χ1n) is 4.46. The van der Waals surface area contributed by atoms with Gasteiger partial charge in [0.1, 0.15) is 0 Å². The Morgan fingerprint density at radius 3 is 2.50 bits per heavy atom. The van der Waals surface area contributed by atoms with E-state index in [1.165, 1.54) is 24.3 Å². The first-order valence-corrected chi connectivity index (χ1v) is 4.46. The molecule has 0 heterocycles. The molecule has 0 spiro atoms. The van der Waals surface area contributed by atoms with Crippen LogP contribution in [0.2, 0.25) is 0 Å². The van der Waals surface area contributed by atoms with E-state index in [1.807, 2.05) is 0 Å². The molecule has 1 N–H and O–H groups in total. The molecule has 0 amide bonds. The van der Waals surface area contributed by atoms with Crippen LogP contribution in [0.3, 0.4) is 0 Å². The summed E-state index contributed by atoms with van der Waals surface area (Å²) in [5.74, 6) is -1.08. The number of hydrogen-bond acceptors (Lipinski definition) is 1. The third kappa shape index (κ3) is 3.42. The number of aliphatic carboxylic acids is 1. The van der Waals surface area contributed by atoms with Crippen LogP contribution in [0.1, 0.15) is 17.5 Å². The zero-order valence-corrected chi connectivity index (χ0v) is 8.16. The molecule has 0 unspecified atom stereocenters. The summed E-state index contributed by atoms with van der Waals surface area (Å²) in [7, 11) is 0. The van der Waals surface area contributed by atoms with Crippen molar-refractivity contribution in [2.75, 3.05) is 0 Å². The van der Waals surface area contributed by atoms with Crippen molar-refractivity contribution in [1.29, 1.82) is 0 Å². The van der Waals surface area contributed by atoms with Gasteiger partial charge in [0.05, 0.1) is 12.0 Å². The van der Waals surface area contributed by atoms with Gasteiger partial charge in [-0.05, 0) is 11.6 Å². The summed E-state index contributed by atoms with van der Waals surface area (Å²) in [5.41, 5.74) is -0.798. The molecule has 0 radical (unpaired) electrons. The average Bonchev–Trinajstić information content (AvgIpc) is 2.16. The zero-order valence-electron chi connectivity index (χ0n) is 8.16. The number of carboxylic acid groups (broad SMARTS) is 1. The topological polar surface area (TPSA) is 37.3 Å². The van der Waals surface area contributed by atoms with Crippen molar-refractivity contribution < 1.29 is 23.1 Å². The van der Waals surface area contributed by atoms with Crippen LogP contribution in [0, 0.1) is 0 Å². The van der Waals surface area contributed by atoms with Gasteiger partial charge in [0.25, 0.3) is 0 Å². The normalized spacial score (nSPS) is 11.9. The number of rotatable bonds is 3. The summed E-state index contributed by atoms with van der Waals surface area (Å²) >= 11 is 0. The van der Waals surface area contributed by atoms with Crippen molar-refractivity contribution in [3.63, 3.8) is 0 Å². The lowest BCUT2D eigenvalue weighted by atomic mass is 10.1. The molecule has 0 saturated carbocycles. The van der Waals surface area contributed by atoms with Crippen LogP contribution >= 0.6 is 0 Å². The van der Waals surface area contributed by atoms with Crippen LogP contribution in [0.4, 0.5) is 13.2 Å². The van der Waals surface area contributed by atoms with Crippen LogP contribution in [0.25, 0.3) is 6.08 Å². The Kier molecular flexibility index (Phi) is 3.71. The second kappa shape index (κ2) is 4.83. The lowest BCUT2D eigenvalue weighted by Gasteiger charge is -2.09. The fraction of sp³-hybridized carbons (Fsp3) is 0.182. The van der Waals surface area contributed by atoms with E-state index >= 15 is 0 Å². The minimum Gasteiger partial charge on any atom is -0.481 e. The van der Waals surface area contributed by atoms with Gasteiger partial charge in [-0.2, -0.15) is 13.2 Å². The second-order valence-corrected chi connectivity index (χ2v) is 3.09. The summed E-state index contributed by atoms with van der Waals surface area (Å²) in [6.07, 6.45) is -2.37. The molecule has 0 aliphatic carbocycles. The van der Waals surface area contributed by atoms with Gasteiger partial charge in [-0.15, -0.1) is 0 Å². The Hall–Kier alpha value is -1.78. The predicted molar refractivity (Wildman–Crippen MR) is 52.7 cm³/mol. The van der Waals surface area contributed by atoms with E-state index in [4.69, 9.17) is 5.11 Å². The summed E-state index contributed by atoms with van der Waals surface area (Å²) in [6.45, 7) is 0. The third-order valence-electron chi connectivity index (χ3n) is 1.86. The smallest absolute Gasteiger partial charge is 0.416 e. The van der Waals surface area contributed by atoms with Crippen molar-refractivity contribution >= 4 is 12.0 Å². The number of alkyl halides is 3. The molecule has 2 nitrogen and oxygen atoms in total. The van der Waals surface area contributed by atoms with Crippen LogP contribution < -0.4 is 0 Å². The van der Waals surface area contributed by atoms with E-state index in [-0.39, 0.29) is 12.0 Å². The van der Waals surface area contributed by atoms with Gasteiger partial charge in [0.15, 0.2) is 0 Å².